The first-order valence-corrected chi connectivity index (χ1v) is 14.2. The molecule has 1 aromatic rings. The zero-order valence-electron chi connectivity index (χ0n) is 21.4. The minimum absolute atomic E-state index is 0.0647. The standard InChI is InChI=1S/C24H41N5O6S/c1-3-11-25-24(31)21-7-9-22(10-8-21)28-14-16-29(17-15-28)36(33,34)20-5-13-27(18-19-35-2)12-4-6-23(30)26-32/h7-10,32H,3-6,11-20H2,1-2H3,(H,25,31)(H,26,30). The number of piperazine rings is 1. The third-order valence-electron chi connectivity index (χ3n) is 6.15. The number of benzene rings is 1. The number of carbonyl (C=O) groups excluding carboxylic acids is 2. The number of hydrogen-bond acceptors (Lipinski definition) is 8. The largest absolute Gasteiger partial charge is 0.383 e. The van der Waals surface area contributed by atoms with Crippen molar-refractivity contribution in [2.24, 2.45) is 0 Å². The van der Waals surface area contributed by atoms with E-state index in [-0.39, 0.29) is 18.1 Å². The molecule has 2 amide bonds. The molecule has 1 aliphatic heterocycles. The van der Waals surface area contributed by atoms with Gasteiger partial charge in [0.1, 0.15) is 0 Å². The van der Waals surface area contributed by atoms with Gasteiger partial charge in [0.25, 0.3) is 5.91 Å². The summed E-state index contributed by atoms with van der Waals surface area (Å²) in [6, 6.07) is 7.41. The van der Waals surface area contributed by atoms with E-state index >= 15 is 0 Å². The van der Waals surface area contributed by atoms with E-state index in [1.807, 2.05) is 19.1 Å². The normalized spacial score (nSPS) is 14.7. The lowest BCUT2D eigenvalue weighted by Gasteiger charge is -2.35. The van der Waals surface area contributed by atoms with Crippen LogP contribution in [0.5, 0.6) is 0 Å². The van der Waals surface area contributed by atoms with Crippen molar-refractivity contribution < 1.29 is 28.0 Å². The van der Waals surface area contributed by atoms with Gasteiger partial charge in [-0.05, 0) is 56.6 Å². The highest BCUT2D eigenvalue weighted by atomic mass is 32.2. The van der Waals surface area contributed by atoms with Crippen LogP contribution in [-0.2, 0) is 19.6 Å². The van der Waals surface area contributed by atoms with E-state index in [9.17, 15) is 18.0 Å². The fourth-order valence-corrected chi connectivity index (χ4v) is 5.54. The van der Waals surface area contributed by atoms with E-state index in [4.69, 9.17) is 9.94 Å². The zero-order valence-corrected chi connectivity index (χ0v) is 22.3. The summed E-state index contributed by atoms with van der Waals surface area (Å²) in [6.45, 7) is 7.05. The molecule has 36 heavy (non-hydrogen) atoms. The van der Waals surface area contributed by atoms with Gasteiger partial charge in [0.15, 0.2) is 0 Å². The Morgan fingerprint density at radius 1 is 1.06 bits per heavy atom. The van der Waals surface area contributed by atoms with E-state index in [0.717, 1.165) is 12.1 Å². The second-order valence-electron chi connectivity index (χ2n) is 8.83. The lowest BCUT2D eigenvalue weighted by molar-refractivity contribution is -0.129. The van der Waals surface area contributed by atoms with E-state index < -0.39 is 15.9 Å². The Bertz CT molecular complexity index is 904. The third-order valence-corrected chi connectivity index (χ3v) is 8.11. The van der Waals surface area contributed by atoms with Crippen LogP contribution in [-0.4, -0.2) is 106 Å². The molecule has 0 saturated carbocycles. The molecule has 0 unspecified atom stereocenters. The first kappa shape index (κ1) is 30.0. The Labute approximate surface area is 214 Å². The van der Waals surface area contributed by atoms with E-state index in [1.165, 1.54) is 0 Å². The monoisotopic (exact) mass is 527 g/mol. The van der Waals surface area contributed by atoms with Crippen LogP contribution in [0.25, 0.3) is 0 Å². The Kier molecular flexibility index (Phi) is 13.1. The van der Waals surface area contributed by atoms with Crippen LogP contribution in [0, 0.1) is 0 Å². The number of ether oxygens (including phenoxy) is 1. The number of hydroxylamine groups is 1. The molecule has 2 rings (SSSR count). The van der Waals surface area contributed by atoms with Crippen molar-refractivity contribution >= 4 is 27.5 Å². The SMILES string of the molecule is CCCNC(=O)c1ccc(N2CCN(S(=O)(=O)CCCN(CCCC(=O)NO)CCOC)CC2)cc1. The van der Waals surface area contributed by atoms with Gasteiger partial charge in [-0.25, -0.2) is 13.9 Å². The molecule has 1 heterocycles. The van der Waals surface area contributed by atoms with Gasteiger partial charge in [0.2, 0.25) is 15.9 Å². The second-order valence-corrected chi connectivity index (χ2v) is 10.9. The van der Waals surface area contributed by atoms with Crippen molar-refractivity contribution in [3.63, 3.8) is 0 Å². The molecule has 0 radical (unpaired) electrons. The minimum atomic E-state index is -3.37. The summed E-state index contributed by atoms with van der Waals surface area (Å²) in [7, 11) is -1.76. The number of amides is 2. The number of nitrogens with zero attached hydrogens (tertiary/aromatic N) is 3. The van der Waals surface area contributed by atoms with Crippen LogP contribution >= 0.6 is 0 Å². The van der Waals surface area contributed by atoms with Crippen LogP contribution in [0.2, 0.25) is 0 Å². The molecule has 204 valence electrons. The average Bonchev–Trinajstić information content (AvgIpc) is 2.90. The summed E-state index contributed by atoms with van der Waals surface area (Å²) in [6.07, 6.45) is 2.14. The predicted octanol–water partition coefficient (Wildman–Crippen LogP) is 0.902. The fraction of sp³-hybridized carbons (Fsp3) is 0.667. The smallest absolute Gasteiger partial charge is 0.251 e. The lowest BCUT2D eigenvalue weighted by Crippen LogP contribution is -2.49. The highest BCUT2D eigenvalue weighted by Gasteiger charge is 2.27. The van der Waals surface area contributed by atoms with Crippen LogP contribution < -0.4 is 15.7 Å². The van der Waals surface area contributed by atoms with Gasteiger partial charge < -0.3 is 19.9 Å². The quantitative estimate of drug-likeness (QED) is 0.214. The van der Waals surface area contributed by atoms with Gasteiger partial charge in [-0.1, -0.05) is 6.92 Å². The second kappa shape index (κ2) is 15.8. The van der Waals surface area contributed by atoms with Crippen LogP contribution in [0.15, 0.2) is 24.3 Å². The number of rotatable bonds is 16. The fourth-order valence-electron chi connectivity index (χ4n) is 4.06. The molecular weight excluding hydrogens is 486 g/mol. The molecule has 11 nitrogen and oxygen atoms in total. The molecule has 1 saturated heterocycles. The van der Waals surface area contributed by atoms with E-state index in [2.05, 4.69) is 15.1 Å². The average molecular weight is 528 g/mol. The Morgan fingerprint density at radius 3 is 2.33 bits per heavy atom. The number of hydrogen-bond donors (Lipinski definition) is 3. The number of methoxy groups -OCH3 is 1. The molecule has 0 aromatic heterocycles. The molecule has 12 heteroatoms. The van der Waals surface area contributed by atoms with Crippen molar-refractivity contribution in [1.29, 1.82) is 0 Å². The number of sulfonamides is 1. The molecule has 0 bridgehead atoms. The van der Waals surface area contributed by atoms with E-state index in [0.29, 0.717) is 77.4 Å². The van der Waals surface area contributed by atoms with Gasteiger partial charge in [-0.15, -0.1) is 0 Å². The minimum Gasteiger partial charge on any atom is -0.383 e. The first-order valence-electron chi connectivity index (χ1n) is 12.6. The maximum absolute atomic E-state index is 12.9. The Hall–Kier alpha value is -2.25. The summed E-state index contributed by atoms with van der Waals surface area (Å²) in [4.78, 5) is 27.5. The third kappa shape index (κ3) is 10.0. The molecule has 1 fully saturated rings. The zero-order chi connectivity index (χ0) is 26.4. The molecular formula is C24H41N5O6S. The van der Waals surface area contributed by atoms with Crippen molar-refractivity contribution in [2.75, 3.05) is 76.7 Å². The maximum Gasteiger partial charge on any atom is 0.251 e. The summed E-state index contributed by atoms with van der Waals surface area (Å²) in [5.41, 5.74) is 3.21. The van der Waals surface area contributed by atoms with Crippen molar-refractivity contribution in [2.45, 2.75) is 32.6 Å². The van der Waals surface area contributed by atoms with Gasteiger partial charge >= 0.3 is 0 Å². The van der Waals surface area contributed by atoms with Gasteiger partial charge in [0.05, 0.1) is 12.4 Å². The number of anilines is 1. The summed E-state index contributed by atoms with van der Waals surface area (Å²) in [5.74, 6) is -0.456. The number of nitrogens with one attached hydrogen (secondary N) is 2. The molecule has 0 spiro atoms. The molecule has 3 N–H and O–H groups in total. The van der Waals surface area contributed by atoms with Crippen LogP contribution in [0.4, 0.5) is 5.69 Å². The van der Waals surface area contributed by atoms with Crippen LogP contribution in [0.3, 0.4) is 0 Å². The highest BCUT2D eigenvalue weighted by Crippen LogP contribution is 2.19. The van der Waals surface area contributed by atoms with Crippen LogP contribution in [0.1, 0.15) is 43.0 Å². The molecule has 1 aromatic carbocycles. The van der Waals surface area contributed by atoms with E-state index in [1.54, 1.807) is 29.0 Å². The van der Waals surface area contributed by atoms with Crippen molar-refractivity contribution in [3.8, 4) is 0 Å². The maximum atomic E-state index is 12.9. The van der Waals surface area contributed by atoms with Crippen molar-refractivity contribution in [1.82, 2.24) is 20.0 Å². The van der Waals surface area contributed by atoms with Crippen molar-refractivity contribution in [3.05, 3.63) is 29.8 Å². The Morgan fingerprint density at radius 2 is 1.72 bits per heavy atom. The van der Waals surface area contributed by atoms with Gasteiger partial charge in [-0.3, -0.25) is 14.8 Å². The van der Waals surface area contributed by atoms with Gasteiger partial charge in [0, 0.05) is 64.0 Å². The molecule has 0 atom stereocenters. The summed E-state index contributed by atoms with van der Waals surface area (Å²) >= 11 is 0. The predicted molar refractivity (Wildman–Crippen MR) is 139 cm³/mol. The Balaban J connectivity index is 1.79. The molecule has 0 aliphatic carbocycles. The number of carbonyl (C=O) groups is 2. The summed E-state index contributed by atoms with van der Waals surface area (Å²) < 4.78 is 32.5. The highest BCUT2D eigenvalue weighted by molar-refractivity contribution is 7.89. The van der Waals surface area contributed by atoms with Gasteiger partial charge in [-0.2, -0.15) is 4.31 Å². The molecule has 1 aliphatic rings. The lowest BCUT2D eigenvalue weighted by atomic mass is 10.1. The first-order chi connectivity index (χ1) is 17.3. The summed E-state index contributed by atoms with van der Waals surface area (Å²) in [5, 5.41) is 11.5. The topological polar surface area (TPSA) is 132 Å².